The molecule has 0 amide bonds. The van der Waals surface area contributed by atoms with Crippen LogP contribution in [0.3, 0.4) is 0 Å². The van der Waals surface area contributed by atoms with E-state index in [1.54, 1.807) is 11.1 Å². The highest BCUT2D eigenvalue weighted by Crippen LogP contribution is 2.63. The number of hydrogen-bond donors (Lipinski definition) is 0. The van der Waals surface area contributed by atoms with E-state index in [9.17, 15) is 0 Å². The van der Waals surface area contributed by atoms with Gasteiger partial charge in [-0.05, 0) is 97.9 Å². The van der Waals surface area contributed by atoms with Gasteiger partial charge in [0, 0.05) is 66.7 Å². The standard InChI is InChI=1S/C57H70N4S6/c1-7-13-17-19-23-39-25-31-47(62-39)41-27-29-43(53-51(41)58-66-60-53)49-33-45-55(64-49)56-46(57(45,35-37(11-5)21-15-9-3)36-38(12-6)22-16-10-4)34-50(65-56)44-30-28-42(52-54(44)61-67-59-52)48-32-26-40(63-48)24-20-18-14-8-2/h25-34,37-38H,7-24,35-36H2,1-6H3. The maximum Gasteiger partial charge on any atom is 0.114 e. The van der Waals surface area contributed by atoms with Crippen LogP contribution >= 0.6 is 68.8 Å². The van der Waals surface area contributed by atoms with Crippen LogP contribution < -0.4 is 0 Å². The third-order valence-electron chi connectivity index (χ3n) is 14.8. The number of hydrogen-bond acceptors (Lipinski definition) is 10. The van der Waals surface area contributed by atoms with Crippen molar-refractivity contribution in [1.29, 1.82) is 0 Å². The summed E-state index contributed by atoms with van der Waals surface area (Å²) in [4.78, 5) is 11.2. The van der Waals surface area contributed by atoms with Crippen LogP contribution in [0.5, 0.6) is 0 Å². The fourth-order valence-electron chi connectivity index (χ4n) is 10.9. The van der Waals surface area contributed by atoms with Crippen LogP contribution in [-0.2, 0) is 18.3 Å². The van der Waals surface area contributed by atoms with E-state index < -0.39 is 0 Å². The van der Waals surface area contributed by atoms with Crippen LogP contribution in [0.1, 0.15) is 178 Å². The highest BCUT2D eigenvalue weighted by atomic mass is 32.1. The summed E-state index contributed by atoms with van der Waals surface area (Å²) in [6.45, 7) is 14.2. The molecule has 354 valence electrons. The summed E-state index contributed by atoms with van der Waals surface area (Å²) in [5.41, 5.74) is 12.2. The molecule has 0 fully saturated rings. The Morgan fingerprint density at radius 2 is 0.806 bits per heavy atom. The predicted molar refractivity (Wildman–Crippen MR) is 299 cm³/mol. The Bertz CT molecular complexity index is 2650. The van der Waals surface area contributed by atoms with Crippen LogP contribution in [0.4, 0.5) is 0 Å². The maximum absolute atomic E-state index is 5.06. The van der Waals surface area contributed by atoms with E-state index >= 15 is 0 Å². The van der Waals surface area contributed by atoms with E-state index in [4.69, 9.17) is 17.5 Å². The molecule has 0 N–H and O–H groups in total. The van der Waals surface area contributed by atoms with Gasteiger partial charge >= 0.3 is 0 Å². The van der Waals surface area contributed by atoms with Crippen molar-refractivity contribution in [3.05, 3.63) is 81.5 Å². The summed E-state index contributed by atoms with van der Waals surface area (Å²) < 4.78 is 20.1. The van der Waals surface area contributed by atoms with Crippen molar-refractivity contribution < 1.29 is 0 Å². The molecule has 1 aliphatic rings. The van der Waals surface area contributed by atoms with Gasteiger partial charge in [0.25, 0.3) is 0 Å². The Labute approximate surface area is 425 Å². The number of unbranched alkanes of at least 4 members (excludes halogenated alkanes) is 8. The summed E-state index contributed by atoms with van der Waals surface area (Å²) in [5, 5.41) is 0. The molecule has 2 unspecified atom stereocenters. The molecule has 2 atom stereocenters. The van der Waals surface area contributed by atoms with Crippen molar-refractivity contribution in [2.75, 3.05) is 0 Å². The van der Waals surface area contributed by atoms with E-state index in [0.717, 1.165) is 34.9 Å². The highest BCUT2D eigenvalue weighted by Gasteiger charge is 2.48. The van der Waals surface area contributed by atoms with Crippen LogP contribution in [0.2, 0.25) is 0 Å². The summed E-state index contributed by atoms with van der Waals surface area (Å²) in [5.74, 6) is 1.34. The Balaban J connectivity index is 1.14. The van der Waals surface area contributed by atoms with Crippen LogP contribution in [0.15, 0.2) is 60.7 Å². The lowest BCUT2D eigenvalue weighted by molar-refractivity contribution is 0.266. The molecule has 67 heavy (non-hydrogen) atoms. The summed E-state index contributed by atoms with van der Waals surface area (Å²) in [7, 11) is 0. The van der Waals surface area contributed by atoms with Gasteiger partial charge in [-0.2, -0.15) is 17.5 Å². The Morgan fingerprint density at radius 3 is 1.18 bits per heavy atom. The second kappa shape index (κ2) is 22.7. The van der Waals surface area contributed by atoms with E-state index in [1.807, 2.05) is 45.3 Å². The Kier molecular flexibility index (Phi) is 16.6. The number of rotatable bonds is 26. The van der Waals surface area contributed by atoms with Crippen molar-refractivity contribution in [3.8, 4) is 51.5 Å². The van der Waals surface area contributed by atoms with Gasteiger partial charge in [-0.25, -0.2) is 0 Å². The molecule has 0 spiro atoms. The molecule has 0 aliphatic heterocycles. The molecule has 8 aromatic rings. The van der Waals surface area contributed by atoms with Gasteiger partial charge in [0.1, 0.15) is 22.1 Å². The van der Waals surface area contributed by atoms with Crippen LogP contribution in [-0.4, -0.2) is 17.5 Å². The number of aromatic nitrogens is 4. The third kappa shape index (κ3) is 10.2. The topological polar surface area (TPSA) is 51.6 Å². The molecule has 10 heteroatoms. The first-order chi connectivity index (χ1) is 32.9. The normalized spacial score (nSPS) is 14.1. The predicted octanol–water partition coefficient (Wildman–Crippen LogP) is 20.3. The molecular formula is C57H70N4S6. The second-order valence-corrected chi connectivity index (χ2v) is 24.9. The first-order valence-electron chi connectivity index (χ1n) is 25.9. The largest absolute Gasteiger partial charge is 0.172 e. The molecular weight excluding hydrogens is 933 g/mol. The van der Waals surface area contributed by atoms with Gasteiger partial charge in [0.15, 0.2) is 0 Å². The maximum atomic E-state index is 5.06. The van der Waals surface area contributed by atoms with E-state index in [0.29, 0.717) is 11.8 Å². The summed E-state index contributed by atoms with van der Waals surface area (Å²) in [6, 6.07) is 24.0. The number of benzene rings is 2. The van der Waals surface area contributed by atoms with Crippen molar-refractivity contribution in [2.24, 2.45) is 11.8 Å². The molecule has 4 nitrogen and oxygen atoms in total. The molecule has 1 aliphatic carbocycles. The van der Waals surface area contributed by atoms with Gasteiger partial charge in [-0.1, -0.05) is 156 Å². The quantitative estimate of drug-likeness (QED) is 0.0507. The fourth-order valence-corrected chi connectivity index (χ4v) is 17.0. The van der Waals surface area contributed by atoms with E-state index in [2.05, 4.69) is 102 Å². The van der Waals surface area contributed by atoms with Crippen molar-refractivity contribution in [2.45, 2.75) is 175 Å². The Morgan fingerprint density at radius 1 is 0.418 bits per heavy atom. The molecule has 0 saturated carbocycles. The minimum Gasteiger partial charge on any atom is -0.172 e. The number of nitrogens with zero attached hydrogens (tertiary/aromatic N) is 4. The minimum atomic E-state index is -0.0508. The van der Waals surface area contributed by atoms with Crippen molar-refractivity contribution >= 4 is 90.9 Å². The van der Waals surface area contributed by atoms with Gasteiger partial charge in [0.2, 0.25) is 0 Å². The number of aryl methyl sites for hydroxylation is 2. The average molecular weight is 1000 g/mol. The second-order valence-electron chi connectivity index (χ2n) is 19.4. The zero-order valence-corrected chi connectivity index (χ0v) is 45.7. The molecule has 9 rings (SSSR count). The Hall–Kier alpha value is -3.12. The average Bonchev–Trinajstić information content (AvgIpc) is 4.22. The van der Waals surface area contributed by atoms with Gasteiger partial charge < -0.3 is 0 Å². The third-order valence-corrected chi connectivity index (χ3v) is 20.7. The molecule has 0 saturated heterocycles. The molecule has 0 radical (unpaired) electrons. The molecule has 6 heterocycles. The highest BCUT2D eigenvalue weighted by molar-refractivity contribution is 7.26. The fraction of sp³-hybridized carbons (Fsp3) is 0.509. The molecule has 6 aromatic heterocycles. The monoisotopic (exact) mass is 1000 g/mol. The van der Waals surface area contributed by atoms with Crippen molar-refractivity contribution in [3.63, 3.8) is 0 Å². The zero-order chi connectivity index (χ0) is 46.3. The number of fused-ring (bicyclic) bond motifs is 5. The molecule has 2 aromatic carbocycles. The number of thiophene rings is 4. The first-order valence-corrected chi connectivity index (χ1v) is 30.6. The van der Waals surface area contributed by atoms with Gasteiger partial charge in [-0.3, -0.25) is 0 Å². The summed E-state index contributed by atoms with van der Waals surface area (Å²) in [6.07, 6.45) is 25.2. The minimum absolute atomic E-state index is 0.0508. The molecule has 0 bridgehead atoms. The van der Waals surface area contributed by atoms with E-state index in [-0.39, 0.29) is 5.41 Å². The lowest BCUT2D eigenvalue weighted by Crippen LogP contribution is -2.31. The van der Waals surface area contributed by atoms with Crippen molar-refractivity contribution in [1.82, 2.24) is 17.5 Å². The van der Waals surface area contributed by atoms with E-state index in [1.165, 1.54) is 200 Å². The zero-order valence-electron chi connectivity index (χ0n) is 40.8. The van der Waals surface area contributed by atoms with Crippen LogP contribution in [0.25, 0.3) is 73.6 Å². The van der Waals surface area contributed by atoms with Crippen LogP contribution in [0, 0.1) is 11.8 Å². The lowest BCUT2D eigenvalue weighted by atomic mass is 9.65. The SMILES string of the molecule is CCCCCCc1ccc(-c2ccc(-c3cc4c(s3)-c3sc(-c5ccc(-c6ccc(CCCCCC)s6)c6nsnc56)cc3C4(CC(CC)CCCC)CC(CC)CCCC)c3nsnc23)s1. The smallest absolute Gasteiger partial charge is 0.114 e. The lowest BCUT2D eigenvalue weighted by Gasteiger charge is -2.37. The first kappa shape index (κ1) is 48.9. The van der Waals surface area contributed by atoms with Gasteiger partial charge in [-0.15, -0.1) is 45.3 Å². The van der Waals surface area contributed by atoms with Gasteiger partial charge in [0.05, 0.1) is 23.5 Å². The summed E-state index contributed by atoms with van der Waals surface area (Å²) >= 11 is 10.6.